The predicted molar refractivity (Wildman–Crippen MR) is 173 cm³/mol. The zero-order chi connectivity index (χ0) is 34.5. The maximum atomic E-state index is 14.7. The van der Waals surface area contributed by atoms with Crippen molar-refractivity contribution in [2.75, 3.05) is 11.4 Å². The summed E-state index contributed by atoms with van der Waals surface area (Å²) in [5.41, 5.74) is -2.68. The molecule has 262 valence electrons. The van der Waals surface area contributed by atoms with E-state index in [-0.39, 0.29) is 36.3 Å². The smallest absolute Gasteiger partial charge is 0.415 e. The number of hydrogen-bond acceptors (Lipinski definition) is 4. The van der Waals surface area contributed by atoms with Crippen LogP contribution in [0.2, 0.25) is 0 Å². The van der Waals surface area contributed by atoms with E-state index in [1.165, 1.54) is 59.3 Å². The van der Waals surface area contributed by atoms with Crippen LogP contribution < -0.4 is 10.2 Å². The number of benzene rings is 1. The van der Waals surface area contributed by atoms with Crippen LogP contribution in [0.3, 0.4) is 0 Å². The fourth-order valence-electron chi connectivity index (χ4n) is 4.96. The Bertz CT molecular complexity index is 1080. The highest BCUT2D eigenvalue weighted by atomic mass is 19.2. The number of halogens is 4. The van der Waals surface area contributed by atoms with Gasteiger partial charge in [-0.25, -0.2) is 27.2 Å². The molecule has 0 heterocycles. The number of aliphatic carboxylic acids is 1. The first-order valence-corrected chi connectivity index (χ1v) is 16.8. The van der Waals surface area contributed by atoms with Crippen LogP contribution in [0.5, 0.6) is 0 Å². The molecule has 0 aromatic heterocycles. The van der Waals surface area contributed by atoms with Gasteiger partial charge in [0.25, 0.3) is 0 Å². The lowest BCUT2D eigenvalue weighted by molar-refractivity contribution is -0.138. The normalized spacial score (nSPS) is 12.3. The van der Waals surface area contributed by atoms with Crippen molar-refractivity contribution in [3.05, 3.63) is 41.5 Å². The number of unbranched alkanes of at least 4 members (excludes halogenated alkanes) is 12. The minimum absolute atomic E-state index is 0.0309. The Kier molecular flexibility index (Phi) is 19.9. The molecule has 11 heteroatoms. The molecule has 7 nitrogen and oxygen atoms in total. The van der Waals surface area contributed by atoms with E-state index in [1.54, 1.807) is 0 Å². The molecule has 1 atom stereocenters. The van der Waals surface area contributed by atoms with Gasteiger partial charge in [0, 0.05) is 19.0 Å². The Morgan fingerprint density at radius 3 is 1.87 bits per heavy atom. The van der Waals surface area contributed by atoms with E-state index >= 15 is 0 Å². The van der Waals surface area contributed by atoms with Gasteiger partial charge in [0.05, 0.1) is 0 Å². The highest BCUT2D eigenvalue weighted by Crippen LogP contribution is 2.32. The Morgan fingerprint density at radius 1 is 0.826 bits per heavy atom. The summed E-state index contributed by atoms with van der Waals surface area (Å²) < 4.78 is 62.4. The Morgan fingerprint density at radius 2 is 1.35 bits per heavy atom. The summed E-state index contributed by atoms with van der Waals surface area (Å²) in [5, 5.41) is 12.6. The van der Waals surface area contributed by atoms with Crippen LogP contribution in [-0.4, -0.2) is 41.3 Å². The number of carboxylic acid groups (broad SMARTS) is 1. The van der Waals surface area contributed by atoms with Crippen LogP contribution >= 0.6 is 0 Å². The minimum atomic E-state index is -1.92. The number of carbonyl (C=O) groups is 3. The second-order valence-corrected chi connectivity index (χ2v) is 12.7. The van der Waals surface area contributed by atoms with E-state index < -0.39 is 52.7 Å². The first kappa shape index (κ1) is 40.9. The third-order valence-corrected chi connectivity index (χ3v) is 7.41. The van der Waals surface area contributed by atoms with E-state index in [1.807, 2.05) is 0 Å². The lowest BCUT2D eigenvalue weighted by Gasteiger charge is -2.32. The second-order valence-electron chi connectivity index (χ2n) is 12.7. The van der Waals surface area contributed by atoms with E-state index in [4.69, 9.17) is 4.74 Å². The summed E-state index contributed by atoms with van der Waals surface area (Å²) >= 11 is 0. The zero-order valence-electron chi connectivity index (χ0n) is 28.1. The van der Waals surface area contributed by atoms with E-state index in [0.29, 0.717) is 12.8 Å². The van der Waals surface area contributed by atoms with Crippen molar-refractivity contribution in [1.29, 1.82) is 0 Å². The highest BCUT2D eigenvalue weighted by Gasteiger charge is 2.39. The van der Waals surface area contributed by atoms with E-state index in [2.05, 4.69) is 24.4 Å². The van der Waals surface area contributed by atoms with Crippen LogP contribution in [-0.2, 0) is 14.3 Å². The predicted octanol–water partition coefficient (Wildman–Crippen LogP) is 9.76. The number of hydrogen-bond donors (Lipinski definition) is 2. The molecule has 0 saturated heterocycles. The summed E-state index contributed by atoms with van der Waals surface area (Å²) in [6.07, 6.45) is 18.6. The Balaban J connectivity index is 2.44. The summed E-state index contributed by atoms with van der Waals surface area (Å²) in [5.74, 6) is -9.20. The molecular weight excluding hydrogens is 604 g/mol. The Hall–Kier alpha value is -3.11. The van der Waals surface area contributed by atoms with Crippen molar-refractivity contribution in [2.45, 2.75) is 148 Å². The third kappa shape index (κ3) is 16.5. The van der Waals surface area contributed by atoms with Gasteiger partial charge in [-0.05, 0) is 72.1 Å². The molecule has 2 amide bonds. The standard InChI is InChI=1S/C35H54F4N2O5/c1-5-6-7-8-9-10-11-12-13-14-15-16-17-18-19-23-29(42)40-24-21-20-22-28(33(43)44)41(34(45)46-35(2,3)4)32-30(38)26(36)25-27(37)31(32)39/h12-13,25,28H,5-11,14-24H2,1-4H3,(H,40,42)(H,43,44)/b13-12-/t28-/m0/s1. The van der Waals surface area contributed by atoms with Crippen molar-refractivity contribution >= 4 is 23.7 Å². The van der Waals surface area contributed by atoms with Crippen LogP contribution in [0.15, 0.2) is 18.2 Å². The molecule has 0 aliphatic rings. The van der Waals surface area contributed by atoms with Crippen molar-refractivity contribution < 1.29 is 41.8 Å². The number of carboxylic acids is 1. The summed E-state index contributed by atoms with van der Waals surface area (Å²) in [7, 11) is 0. The summed E-state index contributed by atoms with van der Waals surface area (Å²) in [4.78, 5) is 37.3. The van der Waals surface area contributed by atoms with Crippen LogP contribution in [0.1, 0.15) is 137 Å². The van der Waals surface area contributed by atoms with Gasteiger partial charge in [0.15, 0.2) is 23.3 Å². The maximum absolute atomic E-state index is 14.7. The molecular formula is C35H54F4N2O5. The molecule has 2 N–H and O–H groups in total. The minimum Gasteiger partial charge on any atom is -0.480 e. The monoisotopic (exact) mass is 658 g/mol. The summed E-state index contributed by atoms with van der Waals surface area (Å²) in [6, 6.07) is -1.93. The Labute approximate surface area is 272 Å². The molecule has 0 radical (unpaired) electrons. The molecule has 0 spiro atoms. The van der Waals surface area contributed by atoms with Crippen molar-refractivity contribution in [3.63, 3.8) is 0 Å². The number of anilines is 1. The molecule has 1 aromatic carbocycles. The van der Waals surface area contributed by atoms with Crippen LogP contribution in [0.4, 0.5) is 28.0 Å². The van der Waals surface area contributed by atoms with Gasteiger partial charge in [-0.3, -0.25) is 9.69 Å². The molecule has 0 bridgehead atoms. The molecule has 0 aliphatic carbocycles. The first-order valence-electron chi connectivity index (χ1n) is 16.8. The van der Waals surface area contributed by atoms with Gasteiger partial charge in [-0.1, -0.05) is 70.4 Å². The molecule has 1 rings (SSSR count). The second kappa shape index (κ2) is 22.4. The number of nitrogens with one attached hydrogen (secondary N) is 1. The van der Waals surface area contributed by atoms with Gasteiger partial charge in [0.2, 0.25) is 5.91 Å². The number of allylic oxidation sites excluding steroid dienone is 2. The van der Waals surface area contributed by atoms with E-state index in [0.717, 1.165) is 44.9 Å². The van der Waals surface area contributed by atoms with Crippen LogP contribution in [0.25, 0.3) is 0 Å². The van der Waals surface area contributed by atoms with Crippen molar-refractivity contribution in [2.24, 2.45) is 0 Å². The SMILES string of the molecule is CCCCCCCC/C=C\CCCCCCCC(=O)NCCCC[C@@H](C(=O)O)N(C(=O)OC(C)(C)C)c1c(F)c(F)cc(F)c1F. The topological polar surface area (TPSA) is 95.9 Å². The quantitative estimate of drug-likeness (QED) is 0.0528. The first-order chi connectivity index (χ1) is 21.8. The molecule has 0 unspecified atom stereocenters. The number of ether oxygens (including phenoxy) is 1. The fourth-order valence-corrected chi connectivity index (χ4v) is 4.96. The fraction of sp³-hybridized carbons (Fsp3) is 0.686. The average Bonchev–Trinajstić information content (AvgIpc) is 2.97. The molecule has 0 saturated carbocycles. The lowest BCUT2D eigenvalue weighted by Crippen LogP contribution is -2.48. The molecule has 1 aromatic rings. The molecule has 46 heavy (non-hydrogen) atoms. The molecule has 0 fully saturated rings. The van der Waals surface area contributed by atoms with Gasteiger partial charge in [-0.2, -0.15) is 0 Å². The van der Waals surface area contributed by atoms with Crippen molar-refractivity contribution in [1.82, 2.24) is 5.32 Å². The lowest BCUT2D eigenvalue weighted by atomic mass is 10.1. The third-order valence-electron chi connectivity index (χ3n) is 7.41. The van der Waals surface area contributed by atoms with Gasteiger partial charge < -0.3 is 15.2 Å². The van der Waals surface area contributed by atoms with Gasteiger partial charge in [-0.15, -0.1) is 0 Å². The highest BCUT2D eigenvalue weighted by molar-refractivity contribution is 5.95. The van der Waals surface area contributed by atoms with E-state index in [9.17, 15) is 37.1 Å². The summed E-state index contributed by atoms with van der Waals surface area (Å²) in [6.45, 7) is 6.77. The number of nitrogens with zero attached hydrogens (tertiary/aromatic N) is 1. The number of amides is 2. The largest absolute Gasteiger partial charge is 0.480 e. The van der Waals surface area contributed by atoms with Gasteiger partial charge in [0.1, 0.15) is 17.3 Å². The van der Waals surface area contributed by atoms with Crippen LogP contribution in [0, 0.1) is 23.3 Å². The average molecular weight is 659 g/mol. The number of rotatable bonds is 23. The molecule has 0 aliphatic heterocycles. The van der Waals surface area contributed by atoms with Crippen molar-refractivity contribution in [3.8, 4) is 0 Å². The maximum Gasteiger partial charge on any atom is 0.415 e. The zero-order valence-corrected chi connectivity index (χ0v) is 28.1. The number of carbonyl (C=O) groups excluding carboxylic acids is 2. The van der Waals surface area contributed by atoms with Gasteiger partial charge >= 0.3 is 12.1 Å².